The lowest BCUT2D eigenvalue weighted by atomic mass is 10.2. The molecule has 70 valence electrons. The van der Waals surface area contributed by atoms with E-state index in [-0.39, 0.29) is 0 Å². The molecule has 13 heavy (non-hydrogen) atoms. The zero-order valence-electron chi connectivity index (χ0n) is 8.16. The fraction of sp³-hybridized carbons (Fsp3) is 0.364. The lowest BCUT2D eigenvalue weighted by Crippen LogP contribution is -1.86. The van der Waals surface area contributed by atoms with Gasteiger partial charge in [-0.05, 0) is 18.9 Å². The van der Waals surface area contributed by atoms with E-state index in [9.17, 15) is 0 Å². The third kappa shape index (κ3) is 3.74. The highest BCUT2D eigenvalue weighted by Gasteiger charge is 1.86. The molecule has 0 amide bonds. The Hall–Kier alpha value is -1.31. The number of hydrogen-bond acceptors (Lipinski definition) is 2. The van der Waals surface area contributed by atoms with Gasteiger partial charge in [0.2, 0.25) is 0 Å². The van der Waals surface area contributed by atoms with E-state index in [0.29, 0.717) is 6.61 Å². The number of aryl methyl sites for hydroxylation is 1. The molecule has 1 aromatic rings. The van der Waals surface area contributed by atoms with Crippen LogP contribution in [0.1, 0.15) is 24.5 Å². The van der Waals surface area contributed by atoms with E-state index in [0.717, 1.165) is 12.0 Å². The van der Waals surface area contributed by atoms with Crippen molar-refractivity contribution in [3.63, 3.8) is 0 Å². The Labute approximate surface area is 79.2 Å². The van der Waals surface area contributed by atoms with Crippen molar-refractivity contribution >= 4 is 6.21 Å². The molecule has 2 heteroatoms. The molecule has 0 saturated carbocycles. The molecule has 0 aromatic heterocycles. The zero-order chi connectivity index (χ0) is 9.52. The normalized spacial score (nSPS) is 10.6. The Bertz CT molecular complexity index is 264. The molecule has 0 N–H and O–H groups in total. The molecule has 0 bridgehead atoms. The largest absolute Gasteiger partial charge is 0.396 e. The van der Waals surface area contributed by atoms with E-state index in [4.69, 9.17) is 4.84 Å². The second-order valence-electron chi connectivity index (χ2n) is 2.98. The predicted molar refractivity (Wildman–Crippen MR) is 55.0 cm³/mol. The molecule has 1 aromatic carbocycles. The molecule has 1 rings (SSSR count). The number of oxime groups is 1. The summed E-state index contributed by atoms with van der Waals surface area (Å²) >= 11 is 0. The van der Waals surface area contributed by atoms with Gasteiger partial charge in [0.1, 0.15) is 6.61 Å². The highest BCUT2D eigenvalue weighted by atomic mass is 16.6. The summed E-state index contributed by atoms with van der Waals surface area (Å²) in [5.74, 6) is 0. The lowest BCUT2D eigenvalue weighted by Gasteiger charge is -1.95. The van der Waals surface area contributed by atoms with Crippen LogP contribution in [0.2, 0.25) is 0 Å². The summed E-state index contributed by atoms with van der Waals surface area (Å²) in [6.07, 6.45) is 2.72. The SMILES string of the molecule is CCCON=Cc1ccc(C)cc1. The van der Waals surface area contributed by atoms with Gasteiger partial charge in [-0.1, -0.05) is 41.9 Å². The average Bonchev–Trinajstić information content (AvgIpc) is 2.15. The van der Waals surface area contributed by atoms with E-state index in [1.807, 2.05) is 12.1 Å². The van der Waals surface area contributed by atoms with Crippen LogP contribution in [0, 0.1) is 6.92 Å². The van der Waals surface area contributed by atoms with Gasteiger partial charge in [0.25, 0.3) is 0 Å². The third-order valence-corrected chi connectivity index (χ3v) is 1.65. The van der Waals surface area contributed by atoms with Crippen LogP contribution in [0.5, 0.6) is 0 Å². The van der Waals surface area contributed by atoms with Crippen molar-refractivity contribution < 1.29 is 4.84 Å². The van der Waals surface area contributed by atoms with Crippen LogP contribution in [0.25, 0.3) is 0 Å². The van der Waals surface area contributed by atoms with Gasteiger partial charge in [-0.25, -0.2) is 0 Å². The van der Waals surface area contributed by atoms with Crippen molar-refractivity contribution in [3.8, 4) is 0 Å². The lowest BCUT2D eigenvalue weighted by molar-refractivity contribution is 0.146. The van der Waals surface area contributed by atoms with Crippen molar-refractivity contribution in [2.24, 2.45) is 5.16 Å². The quantitative estimate of drug-likeness (QED) is 0.393. The van der Waals surface area contributed by atoms with Crippen LogP contribution in [0.4, 0.5) is 0 Å². The maximum absolute atomic E-state index is 4.99. The van der Waals surface area contributed by atoms with Gasteiger partial charge in [0.05, 0.1) is 6.21 Å². The highest BCUT2D eigenvalue weighted by molar-refractivity contribution is 5.78. The molecular formula is C11H15NO. The van der Waals surface area contributed by atoms with Gasteiger partial charge in [-0.3, -0.25) is 0 Å². The highest BCUT2D eigenvalue weighted by Crippen LogP contribution is 2.00. The second kappa shape index (κ2) is 5.36. The van der Waals surface area contributed by atoms with Crippen molar-refractivity contribution in [1.82, 2.24) is 0 Å². The van der Waals surface area contributed by atoms with Gasteiger partial charge < -0.3 is 4.84 Å². The zero-order valence-corrected chi connectivity index (χ0v) is 8.16. The fourth-order valence-electron chi connectivity index (χ4n) is 0.895. The van der Waals surface area contributed by atoms with Crippen molar-refractivity contribution in [3.05, 3.63) is 35.4 Å². The molecule has 0 fully saturated rings. The summed E-state index contributed by atoms with van der Waals surface area (Å²) in [6, 6.07) is 8.16. The minimum absolute atomic E-state index is 0.683. The molecule has 0 saturated heterocycles. The standard InChI is InChI=1S/C11H15NO/c1-3-8-13-12-9-11-6-4-10(2)5-7-11/h4-7,9H,3,8H2,1-2H3. The summed E-state index contributed by atoms with van der Waals surface area (Å²) in [4.78, 5) is 4.99. The van der Waals surface area contributed by atoms with E-state index in [1.165, 1.54) is 5.56 Å². The maximum Gasteiger partial charge on any atom is 0.116 e. The van der Waals surface area contributed by atoms with Gasteiger partial charge in [0, 0.05) is 0 Å². The molecule has 0 aliphatic heterocycles. The van der Waals surface area contributed by atoms with Gasteiger partial charge in [0.15, 0.2) is 0 Å². The minimum atomic E-state index is 0.683. The first-order valence-electron chi connectivity index (χ1n) is 4.55. The molecule has 0 atom stereocenters. The van der Waals surface area contributed by atoms with Gasteiger partial charge >= 0.3 is 0 Å². The molecule has 2 nitrogen and oxygen atoms in total. The molecule has 0 spiro atoms. The first-order chi connectivity index (χ1) is 6.33. The first-order valence-corrected chi connectivity index (χ1v) is 4.55. The number of benzene rings is 1. The number of rotatable bonds is 4. The molecule has 0 heterocycles. The summed E-state index contributed by atoms with van der Waals surface area (Å²) in [7, 11) is 0. The van der Waals surface area contributed by atoms with Gasteiger partial charge in [-0.15, -0.1) is 0 Å². The van der Waals surface area contributed by atoms with Crippen LogP contribution in [0.15, 0.2) is 29.4 Å². The van der Waals surface area contributed by atoms with Crippen LogP contribution >= 0.6 is 0 Å². The van der Waals surface area contributed by atoms with Crippen molar-refractivity contribution in [2.75, 3.05) is 6.61 Å². The summed E-state index contributed by atoms with van der Waals surface area (Å²) in [6.45, 7) is 4.80. The monoisotopic (exact) mass is 177 g/mol. The number of hydrogen-bond donors (Lipinski definition) is 0. The molecular weight excluding hydrogens is 162 g/mol. The maximum atomic E-state index is 4.99. The predicted octanol–water partition coefficient (Wildman–Crippen LogP) is 2.76. The Morgan fingerprint density at radius 1 is 1.31 bits per heavy atom. The molecule has 0 aliphatic carbocycles. The first kappa shape index (κ1) is 9.78. The van der Waals surface area contributed by atoms with Crippen LogP contribution in [0.3, 0.4) is 0 Å². The minimum Gasteiger partial charge on any atom is -0.396 e. The Kier molecular flexibility index (Phi) is 4.03. The van der Waals surface area contributed by atoms with Crippen LogP contribution in [-0.4, -0.2) is 12.8 Å². The summed E-state index contributed by atoms with van der Waals surface area (Å²) < 4.78 is 0. The van der Waals surface area contributed by atoms with E-state index >= 15 is 0 Å². The summed E-state index contributed by atoms with van der Waals surface area (Å²) in [5, 5.41) is 3.84. The third-order valence-electron chi connectivity index (χ3n) is 1.65. The summed E-state index contributed by atoms with van der Waals surface area (Å²) in [5.41, 5.74) is 2.33. The van der Waals surface area contributed by atoms with E-state index in [2.05, 4.69) is 31.1 Å². The molecule has 0 aliphatic rings. The Morgan fingerprint density at radius 3 is 2.62 bits per heavy atom. The smallest absolute Gasteiger partial charge is 0.116 e. The topological polar surface area (TPSA) is 21.6 Å². The van der Waals surface area contributed by atoms with Crippen molar-refractivity contribution in [2.45, 2.75) is 20.3 Å². The van der Waals surface area contributed by atoms with E-state index < -0.39 is 0 Å². The fourth-order valence-corrected chi connectivity index (χ4v) is 0.895. The molecule has 0 radical (unpaired) electrons. The van der Waals surface area contributed by atoms with E-state index in [1.54, 1.807) is 6.21 Å². The Morgan fingerprint density at radius 2 is 2.00 bits per heavy atom. The van der Waals surface area contributed by atoms with Crippen LogP contribution in [-0.2, 0) is 4.84 Å². The molecule has 0 unspecified atom stereocenters. The number of nitrogens with zero attached hydrogens (tertiary/aromatic N) is 1. The second-order valence-corrected chi connectivity index (χ2v) is 2.98. The average molecular weight is 177 g/mol. The van der Waals surface area contributed by atoms with Crippen molar-refractivity contribution in [1.29, 1.82) is 0 Å². The van der Waals surface area contributed by atoms with Gasteiger partial charge in [-0.2, -0.15) is 0 Å². The van der Waals surface area contributed by atoms with Crippen LogP contribution < -0.4 is 0 Å². The Balaban J connectivity index is 2.44.